The Labute approximate surface area is 283 Å². The van der Waals surface area contributed by atoms with Crippen LogP contribution in [0, 0.1) is 23.7 Å². The quantitative estimate of drug-likeness (QED) is 0.0515. The minimum atomic E-state index is -0.0604. The summed E-state index contributed by atoms with van der Waals surface area (Å²) in [6, 6.07) is 0. The number of ether oxygens (including phenoxy) is 1. The van der Waals surface area contributed by atoms with Gasteiger partial charge in [0.05, 0.1) is 13.5 Å². The maximum absolute atomic E-state index is 11.8. The number of esters is 1. The molecule has 0 aliphatic heterocycles. The van der Waals surface area contributed by atoms with Crippen molar-refractivity contribution < 1.29 is 9.53 Å². The van der Waals surface area contributed by atoms with Crippen LogP contribution >= 0.6 is 0 Å². The summed E-state index contributed by atoms with van der Waals surface area (Å²) in [6.07, 6.45) is 43.7. The SMILES string of the molecule is CCCCCCCCC1CC1CCCCCCCCN(CCCCCCCCC1CC1CCCCCCCC)CCC(=O)OC. The predicted molar refractivity (Wildman–Crippen MR) is 197 cm³/mol. The van der Waals surface area contributed by atoms with Crippen LogP contribution in [0.1, 0.15) is 213 Å². The van der Waals surface area contributed by atoms with Crippen molar-refractivity contribution in [2.75, 3.05) is 26.7 Å². The first-order valence-electron chi connectivity index (χ1n) is 21.0. The molecule has 266 valence electrons. The summed E-state index contributed by atoms with van der Waals surface area (Å²) in [5.41, 5.74) is 0. The van der Waals surface area contributed by atoms with Crippen LogP contribution in [0.5, 0.6) is 0 Å². The van der Waals surface area contributed by atoms with E-state index >= 15 is 0 Å². The van der Waals surface area contributed by atoms with Crippen molar-refractivity contribution in [3.63, 3.8) is 0 Å². The molecule has 3 heteroatoms. The molecule has 0 bridgehead atoms. The van der Waals surface area contributed by atoms with E-state index in [0.29, 0.717) is 6.42 Å². The number of hydrogen-bond donors (Lipinski definition) is 0. The number of hydrogen-bond acceptors (Lipinski definition) is 3. The van der Waals surface area contributed by atoms with E-state index in [1.165, 1.54) is 200 Å². The molecule has 4 unspecified atom stereocenters. The molecule has 2 saturated carbocycles. The van der Waals surface area contributed by atoms with Crippen molar-refractivity contribution in [1.82, 2.24) is 4.90 Å². The molecule has 45 heavy (non-hydrogen) atoms. The average molecular weight is 632 g/mol. The van der Waals surface area contributed by atoms with Crippen molar-refractivity contribution in [1.29, 1.82) is 0 Å². The summed E-state index contributed by atoms with van der Waals surface area (Å²) in [6.45, 7) is 7.79. The van der Waals surface area contributed by atoms with Crippen LogP contribution in [0.3, 0.4) is 0 Å². The second kappa shape index (κ2) is 28.4. The molecule has 4 atom stereocenters. The van der Waals surface area contributed by atoms with Gasteiger partial charge in [-0.25, -0.2) is 0 Å². The molecule has 0 radical (unpaired) electrons. The van der Waals surface area contributed by atoms with Gasteiger partial charge in [0, 0.05) is 6.54 Å². The Balaban J connectivity index is 1.38. The highest BCUT2D eigenvalue weighted by molar-refractivity contribution is 5.69. The molecule has 2 rings (SSSR count). The molecule has 0 aromatic carbocycles. The highest BCUT2D eigenvalue weighted by Gasteiger charge is 2.35. The van der Waals surface area contributed by atoms with Crippen molar-refractivity contribution >= 4 is 5.97 Å². The summed E-state index contributed by atoms with van der Waals surface area (Å²) in [5.74, 6) is 4.28. The summed E-state index contributed by atoms with van der Waals surface area (Å²) in [5, 5.41) is 0. The van der Waals surface area contributed by atoms with Crippen LogP contribution in [0.2, 0.25) is 0 Å². The Hall–Kier alpha value is -0.570. The largest absolute Gasteiger partial charge is 0.469 e. The van der Waals surface area contributed by atoms with Gasteiger partial charge in [0.2, 0.25) is 0 Å². The van der Waals surface area contributed by atoms with Gasteiger partial charge in [-0.2, -0.15) is 0 Å². The topological polar surface area (TPSA) is 29.5 Å². The van der Waals surface area contributed by atoms with E-state index < -0.39 is 0 Å². The first-order valence-corrected chi connectivity index (χ1v) is 21.0. The van der Waals surface area contributed by atoms with E-state index in [4.69, 9.17) is 4.74 Å². The second-order valence-corrected chi connectivity index (χ2v) is 15.6. The van der Waals surface area contributed by atoms with Crippen LogP contribution in [-0.2, 0) is 9.53 Å². The van der Waals surface area contributed by atoms with Gasteiger partial charge >= 0.3 is 5.97 Å². The number of carbonyl (C=O) groups is 1. The number of carbonyl (C=O) groups excluding carboxylic acids is 1. The summed E-state index contributed by atoms with van der Waals surface area (Å²) < 4.78 is 4.93. The number of methoxy groups -OCH3 is 1. The number of unbranched alkanes of at least 4 members (excludes halogenated alkanes) is 20. The highest BCUT2D eigenvalue weighted by Crippen LogP contribution is 2.46. The third-order valence-electron chi connectivity index (χ3n) is 11.5. The van der Waals surface area contributed by atoms with Gasteiger partial charge < -0.3 is 9.64 Å². The molecular weight excluding hydrogens is 550 g/mol. The van der Waals surface area contributed by atoms with Crippen LogP contribution in [0.4, 0.5) is 0 Å². The molecule has 3 nitrogen and oxygen atoms in total. The minimum absolute atomic E-state index is 0.0604. The zero-order valence-corrected chi connectivity index (χ0v) is 31.1. The monoisotopic (exact) mass is 632 g/mol. The average Bonchev–Trinajstić information content (AvgIpc) is 3.98. The van der Waals surface area contributed by atoms with Crippen LogP contribution in [0.15, 0.2) is 0 Å². The fourth-order valence-electron chi connectivity index (χ4n) is 7.99. The summed E-state index contributed by atoms with van der Waals surface area (Å²) in [4.78, 5) is 14.3. The number of nitrogens with zero attached hydrogens (tertiary/aromatic N) is 1. The summed E-state index contributed by atoms with van der Waals surface area (Å²) in [7, 11) is 1.52. The van der Waals surface area contributed by atoms with Crippen LogP contribution < -0.4 is 0 Å². The standard InChI is InChI=1S/C42H81NO2/c1-4-6-8-10-16-22-28-38-36-40(38)30-24-18-12-14-20-26-33-43(35-32-42(44)45-3)34-27-21-15-13-19-25-31-41-37-39(41)29-23-17-11-9-7-5-2/h38-41H,4-37H2,1-3H3. The zero-order chi connectivity index (χ0) is 32.2. The molecule has 0 heterocycles. The van der Waals surface area contributed by atoms with Gasteiger partial charge in [-0.05, 0) is 62.4 Å². The van der Waals surface area contributed by atoms with E-state index in [9.17, 15) is 4.79 Å². The van der Waals surface area contributed by atoms with Crippen molar-refractivity contribution in [3.05, 3.63) is 0 Å². The second-order valence-electron chi connectivity index (χ2n) is 15.6. The highest BCUT2D eigenvalue weighted by atomic mass is 16.5. The molecule has 2 aliphatic rings. The zero-order valence-electron chi connectivity index (χ0n) is 31.1. The van der Waals surface area contributed by atoms with Gasteiger partial charge in [-0.3, -0.25) is 4.79 Å². The molecular formula is C42H81NO2. The third-order valence-corrected chi connectivity index (χ3v) is 11.5. The van der Waals surface area contributed by atoms with Crippen molar-refractivity contribution in [2.45, 2.75) is 213 Å². The van der Waals surface area contributed by atoms with E-state index in [0.717, 1.165) is 43.3 Å². The van der Waals surface area contributed by atoms with Crippen LogP contribution in [0.25, 0.3) is 0 Å². The number of rotatable bonds is 35. The van der Waals surface area contributed by atoms with Gasteiger partial charge in [0.1, 0.15) is 0 Å². The Morgan fingerprint density at radius 3 is 1.11 bits per heavy atom. The first-order chi connectivity index (χ1) is 22.2. The van der Waals surface area contributed by atoms with E-state index in [-0.39, 0.29) is 5.97 Å². The van der Waals surface area contributed by atoms with E-state index in [2.05, 4.69) is 18.7 Å². The molecule has 0 saturated heterocycles. The van der Waals surface area contributed by atoms with Gasteiger partial charge in [0.15, 0.2) is 0 Å². The Bertz CT molecular complexity index is 619. The molecule has 0 spiro atoms. The lowest BCUT2D eigenvalue weighted by atomic mass is 10.0. The fraction of sp³-hybridized carbons (Fsp3) is 0.976. The lowest BCUT2D eigenvalue weighted by molar-refractivity contribution is -0.141. The third kappa shape index (κ3) is 23.4. The maximum Gasteiger partial charge on any atom is 0.306 e. The van der Waals surface area contributed by atoms with E-state index in [1.807, 2.05) is 0 Å². The molecule has 0 amide bonds. The lowest BCUT2D eigenvalue weighted by Gasteiger charge is -2.22. The van der Waals surface area contributed by atoms with Crippen LogP contribution in [-0.4, -0.2) is 37.6 Å². The van der Waals surface area contributed by atoms with Gasteiger partial charge in [-0.15, -0.1) is 0 Å². The lowest BCUT2D eigenvalue weighted by Crippen LogP contribution is -2.29. The van der Waals surface area contributed by atoms with Crippen molar-refractivity contribution in [2.24, 2.45) is 23.7 Å². The predicted octanol–water partition coefficient (Wildman–Crippen LogP) is 13.1. The Morgan fingerprint density at radius 1 is 0.467 bits per heavy atom. The molecule has 2 aliphatic carbocycles. The molecule has 0 aromatic rings. The van der Waals surface area contributed by atoms with Gasteiger partial charge in [-0.1, -0.05) is 181 Å². The van der Waals surface area contributed by atoms with E-state index in [1.54, 1.807) is 0 Å². The normalized spacial score (nSPS) is 20.6. The van der Waals surface area contributed by atoms with Gasteiger partial charge in [0.25, 0.3) is 0 Å². The van der Waals surface area contributed by atoms with Crippen molar-refractivity contribution in [3.8, 4) is 0 Å². The summed E-state index contributed by atoms with van der Waals surface area (Å²) >= 11 is 0. The molecule has 0 aromatic heterocycles. The Kier molecular flexibility index (Phi) is 25.7. The molecule has 2 fully saturated rings. The first kappa shape index (κ1) is 40.6. The fourth-order valence-corrected chi connectivity index (χ4v) is 7.99. The maximum atomic E-state index is 11.8. The minimum Gasteiger partial charge on any atom is -0.469 e. The Morgan fingerprint density at radius 2 is 0.778 bits per heavy atom. The smallest absolute Gasteiger partial charge is 0.306 e. The molecule has 0 N–H and O–H groups in total.